The molecule has 4 rings (SSSR count). The molecule has 0 aliphatic carbocycles. The van der Waals surface area contributed by atoms with Crippen molar-refractivity contribution < 1.29 is 67.7 Å². The molecule has 3 heterocycles. The summed E-state index contributed by atoms with van der Waals surface area (Å²) >= 11 is 0. The number of piperidine rings is 1. The van der Waals surface area contributed by atoms with Gasteiger partial charge in [-0.1, -0.05) is 30.3 Å². The Hall–Kier alpha value is -2.83. The minimum absolute atomic E-state index is 0. The molecule has 4 unspecified atom stereocenters. The minimum Gasteiger partial charge on any atom is -0.512 e. The molecule has 1 aromatic carbocycles. The molecular weight excluding hydrogens is 652 g/mol. The van der Waals surface area contributed by atoms with E-state index in [1.165, 1.54) is 17.6 Å². The van der Waals surface area contributed by atoms with Gasteiger partial charge in [0.25, 0.3) is 0 Å². The van der Waals surface area contributed by atoms with Crippen LogP contribution in [-0.4, -0.2) is 110 Å². The molecule has 2 bridgehead atoms. The van der Waals surface area contributed by atoms with E-state index >= 15 is 0 Å². The maximum atomic E-state index is 12.3. The predicted octanol–water partition coefficient (Wildman–Crippen LogP) is 2.14. The largest absolute Gasteiger partial charge is 1.00 e. The van der Waals surface area contributed by atoms with Gasteiger partial charge in [-0.05, 0) is 80.2 Å². The number of benzene rings is 1. The van der Waals surface area contributed by atoms with Crippen LogP contribution in [0.15, 0.2) is 30.3 Å². The second-order valence-corrected chi connectivity index (χ2v) is 14.9. The predicted molar refractivity (Wildman–Crippen MR) is 186 cm³/mol. The number of ether oxygens (including phenoxy) is 4. The van der Waals surface area contributed by atoms with Crippen molar-refractivity contribution in [1.29, 1.82) is 5.26 Å². The van der Waals surface area contributed by atoms with Crippen LogP contribution >= 0.6 is 0 Å². The molecule has 3 aliphatic rings. The minimum atomic E-state index is -0.533. The van der Waals surface area contributed by atoms with Crippen LogP contribution in [0.1, 0.15) is 80.7 Å². The summed E-state index contributed by atoms with van der Waals surface area (Å²) in [6.07, 6.45) is 0.960. The molecule has 2 N–H and O–H groups in total. The molecule has 273 valence electrons. The molecule has 0 aromatic heterocycles. The molecule has 3 saturated heterocycles. The first-order chi connectivity index (χ1) is 22.2. The molecule has 3 fully saturated rings. The summed E-state index contributed by atoms with van der Waals surface area (Å²) in [6, 6.07) is 10.0. The summed E-state index contributed by atoms with van der Waals surface area (Å²) in [6.45, 7) is 24.1. The second-order valence-electron chi connectivity index (χ2n) is 14.9. The quantitative estimate of drug-likeness (QED) is 0.213. The molecule has 0 saturated carbocycles. The number of nitrogens with two attached hydrogens (primary N) is 1. The van der Waals surface area contributed by atoms with Crippen LogP contribution in [0.5, 0.6) is 0 Å². The van der Waals surface area contributed by atoms with Gasteiger partial charge in [0.1, 0.15) is 29.3 Å². The number of carbonyl (C=O) groups excluding carboxylic acids is 4. The summed E-state index contributed by atoms with van der Waals surface area (Å²) in [4.78, 5) is 51.9. The van der Waals surface area contributed by atoms with Crippen molar-refractivity contribution in [2.24, 2.45) is 17.6 Å². The zero-order valence-electron chi connectivity index (χ0n) is 31.9. The molecule has 15 heteroatoms. The fourth-order valence-corrected chi connectivity index (χ4v) is 5.26. The third-order valence-corrected chi connectivity index (χ3v) is 7.14. The molecule has 3 amide bonds. The van der Waals surface area contributed by atoms with Gasteiger partial charge >= 0.3 is 47.8 Å². The van der Waals surface area contributed by atoms with E-state index in [-0.39, 0.29) is 68.3 Å². The Balaban J connectivity index is 0. The number of fused-ring (bicyclic) bond motifs is 2. The van der Waals surface area contributed by atoms with Gasteiger partial charge in [-0.25, -0.2) is 14.4 Å². The van der Waals surface area contributed by atoms with E-state index in [1.807, 2.05) is 71.9 Å². The van der Waals surface area contributed by atoms with E-state index in [4.69, 9.17) is 36.5 Å². The summed E-state index contributed by atoms with van der Waals surface area (Å²) in [5, 5.41) is 6.25. The number of amides is 3. The first-order valence-electron chi connectivity index (χ1n) is 16.2. The van der Waals surface area contributed by atoms with Crippen LogP contribution < -0.4 is 35.3 Å². The van der Waals surface area contributed by atoms with Crippen molar-refractivity contribution in [3.05, 3.63) is 42.5 Å². The van der Waals surface area contributed by atoms with Crippen molar-refractivity contribution in [2.75, 3.05) is 33.3 Å². The van der Waals surface area contributed by atoms with E-state index in [0.717, 1.165) is 12.7 Å². The van der Waals surface area contributed by atoms with E-state index in [0.29, 0.717) is 45.1 Å². The van der Waals surface area contributed by atoms with Crippen molar-refractivity contribution in [1.82, 2.24) is 14.7 Å². The van der Waals surface area contributed by atoms with E-state index in [9.17, 15) is 19.2 Å². The second kappa shape index (κ2) is 22.2. The fourth-order valence-electron chi connectivity index (χ4n) is 5.26. The normalized spacial score (nSPS) is 20.8. The molecule has 3 aliphatic heterocycles. The number of methoxy groups -OCH3 is 1. The molecular formula is C35H56BN5NaO8. The van der Waals surface area contributed by atoms with E-state index < -0.39 is 22.9 Å². The van der Waals surface area contributed by atoms with Gasteiger partial charge in [0.05, 0.1) is 6.04 Å². The van der Waals surface area contributed by atoms with Crippen molar-refractivity contribution in [3.63, 3.8) is 0 Å². The monoisotopic (exact) mass is 708 g/mol. The Morgan fingerprint density at radius 3 is 1.70 bits per heavy atom. The zero-order valence-corrected chi connectivity index (χ0v) is 33.9. The summed E-state index contributed by atoms with van der Waals surface area (Å²) in [7, 11) is 1.52. The number of likely N-dealkylation sites (tertiary alicyclic amines) is 3. The van der Waals surface area contributed by atoms with E-state index in [2.05, 4.69) is 0 Å². The van der Waals surface area contributed by atoms with Gasteiger partial charge in [-0.15, -0.1) is 0 Å². The average Bonchev–Trinajstić information content (AvgIpc) is 3.56. The van der Waals surface area contributed by atoms with Crippen molar-refractivity contribution in [3.8, 4) is 0 Å². The molecule has 13 nitrogen and oxygen atoms in total. The smallest absolute Gasteiger partial charge is 0.512 e. The van der Waals surface area contributed by atoms with Gasteiger partial charge < -0.3 is 51.1 Å². The van der Waals surface area contributed by atoms with Gasteiger partial charge in [0.15, 0.2) is 0 Å². The van der Waals surface area contributed by atoms with Crippen LogP contribution in [0.25, 0.3) is 0 Å². The molecule has 0 spiro atoms. The van der Waals surface area contributed by atoms with Gasteiger partial charge in [-0.2, -0.15) is 0 Å². The summed E-state index contributed by atoms with van der Waals surface area (Å²) < 4.78 is 21.3. The van der Waals surface area contributed by atoms with Crippen LogP contribution in [0.4, 0.5) is 14.4 Å². The Labute approximate surface area is 323 Å². The van der Waals surface area contributed by atoms with Gasteiger partial charge in [-0.3, -0.25) is 4.90 Å². The standard InChI is InChI=1S/C16H28N2O4.C11H19NO4.C7H9N.CN.B.Na/c1-15(2,3)21-13(19)17-8-11-7-12(10-17)18(9-11)14(20)22-16(4,5)6;1-11(2,3)16-10(14)12-6-8(7-13)5-9(12)15-4;8-6-7-4-2-1-3-5-7;1-2;;/h11-12H,7-10H2,1-6H3;7-9H,5-6H2,1-4H3;1-5H,6,8H2;;;/q;;;-1;;+1. The molecule has 3 radical (unpaired) electrons. The van der Waals surface area contributed by atoms with Crippen molar-refractivity contribution >= 4 is 33.0 Å². The molecule has 4 atom stereocenters. The number of nitrogens with zero attached hydrogens (tertiary/aromatic N) is 4. The maximum absolute atomic E-state index is 12.3. The van der Waals surface area contributed by atoms with Crippen LogP contribution in [0.3, 0.4) is 0 Å². The number of hydrogen-bond donors (Lipinski definition) is 1. The van der Waals surface area contributed by atoms with E-state index in [1.54, 1.807) is 30.6 Å². The SMILES string of the molecule is CC(C)(C)OC(=O)N1CC2CC(C1)N(C(=O)OC(C)(C)C)C2.COC1CC(C=O)CN1C(=O)OC(C)(C)C.NCc1ccccc1.[B].[C-]#N.[Na+]. The van der Waals surface area contributed by atoms with Crippen LogP contribution in [-0.2, 0) is 30.3 Å². The first kappa shape index (κ1) is 49.3. The van der Waals surface area contributed by atoms with Gasteiger partial charge in [0.2, 0.25) is 0 Å². The van der Waals surface area contributed by atoms with Crippen LogP contribution in [0.2, 0.25) is 0 Å². The third kappa shape index (κ3) is 17.9. The zero-order chi connectivity index (χ0) is 36.9. The average molecular weight is 709 g/mol. The topological polar surface area (TPSA) is 165 Å². The van der Waals surface area contributed by atoms with Gasteiger partial charge in [0, 0.05) is 60.6 Å². The summed E-state index contributed by atoms with van der Waals surface area (Å²) in [5.74, 6) is 0.149. The third-order valence-electron chi connectivity index (χ3n) is 7.14. The Kier molecular flexibility index (Phi) is 21.9. The number of hydrogen-bond acceptors (Lipinski definition) is 10. The Morgan fingerprint density at radius 1 is 0.800 bits per heavy atom. The first-order valence-corrected chi connectivity index (χ1v) is 16.2. The van der Waals surface area contributed by atoms with Crippen LogP contribution in [0, 0.1) is 23.7 Å². The molecule has 1 aromatic rings. The fraction of sp³-hybridized carbons (Fsp3) is 0.686. The molecule has 50 heavy (non-hydrogen) atoms. The number of rotatable bonds is 3. The summed E-state index contributed by atoms with van der Waals surface area (Å²) in [5.41, 5.74) is 5.00. The number of aldehydes is 1. The van der Waals surface area contributed by atoms with Crippen molar-refractivity contribution in [2.45, 2.75) is 111 Å². The Bertz CT molecular complexity index is 1200. The number of carbonyl (C=O) groups is 4. The maximum Gasteiger partial charge on any atom is 1.00 e. The Morgan fingerprint density at radius 2 is 1.28 bits per heavy atom.